The van der Waals surface area contributed by atoms with Crippen molar-refractivity contribution in [3.05, 3.63) is 29.3 Å². The van der Waals surface area contributed by atoms with Gasteiger partial charge in [-0.25, -0.2) is 0 Å². The third kappa shape index (κ3) is 4.14. The number of fused-ring (bicyclic) bond motifs is 5. The van der Waals surface area contributed by atoms with Gasteiger partial charge in [-0.1, -0.05) is 26.3 Å². The molecular formula is C26H42ClNO2. The van der Waals surface area contributed by atoms with Crippen LogP contribution in [0.3, 0.4) is 0 Å². The molecule has 5 atom stereocenters. The molecule has 3 aliphatic carbocycles. The zero-order valence-corrected chi connectivity index (χ0v) is 20.3. The molecule has 0 bridgehead atoms. The molecule has 0 aromatic heterocycles. The molecule has 3 nitrogen and oxygen atoms in total. The molecular weight excluding hydrogens is 394 g/mol. The number of ether oxygens (including phenoxy) is 1. The van der Waals surface area contributed by atoms with Crippen LogP contribution in [0.2, 0.25) is 0 Å². The van der Waals surface area contributed by atoms with Gasteiger partial charge >= 0.3 is 0 Å². The Morgan fingerprint density at radius 2 is 1.97 bits per heavy atom. The molecule has 1 aromatic rings. The van der Waals surface area contributed by atoms with E-state index >= 15 is 0 Å². The number of benzene rings is 1. The maximum absolute atomic E-state index is 11.5. The van der Waals surface area contributed by atoms with Crippen molar-refractivity contribution in [2.45, 2.75) is 83.2 Å². The van der Waals surface area contributed by atoms with Crippen molar-refractivity contribution in [1.29, 1.82) is 0 Å². The van der Waals surface area contributed by atoms with E-state index in [4.69, 9.17) is 4.74 Å². The van der Waals surface area contributed by atoms with Crippen LogP contribution in [0.5, 0.6) is 5.75 Å². The first-order valence-electron chi connectivity index (χ1n) is 12.0. The summed E-state index contributed by atoms with van der Waals surface area (Å²) in [6.07, 6.45) is 10.2. The fraction of sp³-hybridized carbons (Fsp3) is 0.769. The lowest BCUT2D eigenvalue weighted by Gasteiger charge is -2.53. The number of aryl methyl sites for hydroxylation is 1. The highest BCUT2D eigenvalue weighted by Crippen LogP contribution is 2.65. The van der Waals surface area contributed by atoms with Gasteiger partial charge in [0.1, 0.15) is 5.75 Å². The summed E-state index contributed by atoms with van der Waals surface area (Å²) in [7, 11) is 4.22. The molecule has 2 saturated carbocycles. The zero-order valence-electron chi connectivity index (χ0n) is 19.5. The molecule has 1 aromatic carbocycles. The van der Waals surface area contributed by atoms with Crippen molar-refractivity contribution in [1.82, 2.24) is 4.90 Å². The quantitative estimate of drug-likeness (QED) is 0.547. The summed E-state index contributed by atoms with van der Waals surface area (Å²) in [5, 5.41) is 11.5. The minimum Gasteiger partial charge on any atom is -0.494 e. The van der Waals surface area contributed by atoms with E-state index in [1.165, 1.54) is 37.7 Å². The van der Waals surface area contributed by atoms with E-state index in [9.17, 15) is 5.11 Å². The molecule has 4 rings (SSSR count). The van der Waals surface area contributed by atoms with E-state index < -0.39 is 5.60 Å². The molecule has 0 spiro atoms. The maximum Gasteiger partial charge on any atom is 0.119 e. The van der Waals surface area contributed by atoms with Crippen LogP contribution in [0.4, 0.5) is 0 Å². The van der Waals surface area contributed by atoms with Crippen molar-refractivity contribution < 1.29 is 9.84 Å². The zero-order chi connectivity index (χ0) is 20.6. The first kappa shape index (κ1) is 23.9. The SMILES string of the molecule is CCCC1(O)CC[C@H]2[C@@H]3CCc4cc(OCCCN(C)C)ccc4[C@H]3CC[C@@]21C.Cl. The summed E-state index contributed by atoms with van der Waals surface area (Å²) in [5.41, 5.74) is 2.79. The first-order valence-corrected chi connectivity index (χ1v) is 12.0. The third-order valence-corrected chi connectivity index (χ3v) is 8.70. The molecule has 1 unspecified atom stereocenters. The summed E-state index contributed by atoms with van der Waals surface area (Å²) in [5.74, 6) is 3.16. The lowest BCUT2D eigenvalue weighted by Crippen LogP contribution is -2.50. The van der Waals surface area contributed by atoms with E-state index in [1.807, 2.05) is 0 Å². The Bertz CT molecular complexity index is 723. The normalized spacial score (nSPS) is 34.7. The van der Waals surface area contributed by atoms with Gasteiger partial charge in [-0.15, -0.1) is 12.4 Å². The average molecular weight is 436 g/mol. The number of hydrogen-bond acceptors (Lipinski definition) is 3. The monoisotopic (exact) mass is 435 g/mol. The van der Waals surface area contributed by atoms with Crippen molar-refractivity contribution >= 4 is 12.4 Å². The number of halogens is 1. The lowest BCUT2D eigenvalue weighted by molar-refractivity contribution is -0.107. The topological polar surface area (TPSA) is 32.7 Å². The van der Waals surface area contributed by atoms with Crippen LogP contribution >= 0.6 is 12.4 Å². The Morgan fingerprint density at radius 1 is 1.17 bits per heavy atom. The van der Waals surface area contributed by atoms with E-state index in [0.29, 0.717) is 11.8 Å². The minimum atomic E-state index is -0.429. The van der Waals surface area contributed by atoms with Crippen LogP contribution in [-0.4, -0.2) is 42.9 Å². The van der Waals surface area contributed by atoms with Crippen LogP contribution in [0.15, 0.2) is 18.2 Å². The van der Waals surface area contributed by atoms with Crippen molar-refractivity contribution in [3.8, 4) is 5.75 Å². The van der Waals surface area contributed by atoms with Gasteiger partial charge in [0.15, 0.2) is 0 Å². The Kier molecular flexibility index (Phi) is 7.47. The van der Waals surface area contributed by atoms with E-state index in [0.717, 1.165) is 50.5 Å². The van der Waals surface area contributed by atoms with Crippen LogP contribution in [-0.2, 0) is 6.42 Å². The molecule has 0 saturated heterocycles. The maximum atomic E-state index is 11.5. The Morgan fingerprint density at radius 3 is 2.70 bits per heavy atom. The molecule has 1 N–H and O–H groups in total. The molecule has 0 aliphatic heterocycles. The van der Waals surface area contributed by atoms with Gasteiger partial charge in [-0.05, 0) is 112 Å². The fourth-order valence-electron chi connectivity index (χ4n) is 7.15. The largest absolute Gasteiger partial charge is 0.494 e. The molecule has 2 fully saturated rings. The van der Waals surface area contributed by atoms with Gasteiger partial charge in [0.2, 0.25) is 0 Å². The standard InChI is InChI=1S/C26H41NO2.ClH/c1-5-13-26(28)15-12-24-23-9-7-19-18-20(29-17-6-16-27(3)4)8-10-21(19)22(23)11-14-25(24,26)2;/h8,10,18,22-24,28H,5-7,9,11-17H2,1-4H3;1H/t22-,23-,24+,25+,26?;/m1./s1. The average Bonchev–Trinajstić information content (AvgIpc) is 2.96. The van der Waals surface area contributed by atoms with Crippen molar-refractivity contribution in [2.75, 3.05) is 27.2 Å². The Balaban J connectivity index is 0.00000256. The van der Waals surface area contributed by atoms with Gasteiger partial charge in [-0.3, -0.25) is 0 Å². The predicted octanol–water partition coefficient (Wildman–Crippen LogP) is 5.83. The highest BCUT2D eigenvalue weighted by Gasteiger charge is 2.60. The molecule has 0 amide bonds. The van der Waals surface area contributed by atoms with Crippen LogP contribution in [0, 0.1) is 17.3 Å². The summed E-state index contributed by atoms with van der Waals surface area (Å²) in [6.45, 7) is 6.49. The van der Waals surface area contributed by atoms with Gasteiger partial charge in [-0.2, -0.15) is 0 Å². The lowest BCUT2D eigenvalue weighted by atomic mass is 9.53. The highest BCUT2D eigenvalue weighted by atomic mass is 35.5. The molecule has 0 radical (unpaired) electrons. The molecule has 30 heavy (non-hydrogen) atoms. The van der Waals surface area contributed by atoms with Crippen LogP contribution in [0.25, 0.3) is 0 Å². The smallest absolute Gasteiger partial charge is 0.119 e. The van der Waals surface area contributed by atoms with Crippen molar-refractivity contribution in [2.24, 2.45) is 17.3 Å². The third-order valence-electron chi connectivity index (χ3n) is 8.70. The second-order valence-electron chi connectivity index (χ2n) is 10.6. The van der Waals surface area contributed by atoms with E-state index in [2.05, 4.69) is 51.0 Å². The van der Waals surface area contributed by atoms with Crippen LogP contribution in [0.1, 0.15) is 82.3 Å². The molecule has 3 aliphatic rings. The molecule has 0 heterocycles. The van der Waals surface area contributed by atoms with Crippen molar-refractivity contribution in [3.63, 3.8) is 0 Å². The number of rotatable bonds is 7. The number of hydrogen-bond donors (Lipinski definition) is 1. The van der Waals surface area contributed by atoms with E-state index in [1.54, 1.807) is 5.56 Å². The Labute approximate surface area is 190 Å². The second-order valence-corrected chi connectivity index (χ2v) is 10.6. The minimum absolute atomic E-state index is 0. The first-order chi connectivity index (χ1) is 13.9. The number of nitrogens with zero attached hydrogens (tertiary/aromatic N) is 1. The summed E-state index contributed by atoms with van der Waals surface area (Å²) < 4.78 is 6.04. The highest BCUT2D eigenvalue weighted by molar-refractivity contribution is 5.85. The summed E-state index contributed by atoms with van der Waals surface area (Å²) in [4.78, 5) is 2.21. The van der Waals surface area contributed by atoms with Crippen LogP contribution < -0.4 is 4.74 Å². The van der Waals surface area contributed by atoms with Gasteiger partial charge in [0.05, 0.1) is 12.2 Å². The fourth-order valence-corrected chi connectivity index (χ4v) is 7.15. The number of aliphatic hydroxyl groups is 1. The summed E-state index contributed by atoms with van der Waals surface area (Å²) in [6, 6.07) is 6.88. The molecule has 170 valence electrons. The predicted molar refractivity (Wildman–Crippen MR) is 127 cm³/mol. The van der Waals surface area contributed by atoms with E-state index in [-0.39, 0.29) is 17.8 Å². The molecule has 4 heteroatoms. The van der Waals surface area contributed by atoms with Gasteiger partial charge < -0.3 is 14.7 Å². The summed E-state index contributed by atoms with van der Waals surface area (Å²) >= 11 is 0. The second kappa shape index (κ2) is 9.38. The Hall–Kier alpha value is -0.770. The van der Waals surface area contributed by atoms with Gasteiger partial charge in [0, 0.05) is 6.54 Å². The van der Waals surface area contributed by atoms with Gasteiger partial charge in [0.25, 0.3) is 0 Å².